The zero-order valence-corrected chi connectivity index (χ0v) is 16.8. The summed E-state index contributed by atoms with van der Waals surface area (Å²) in [6.07, 6.45) is 4.67. The standard InChI is InChI=1S/C19H19N5O2S2/c1-27-9-7-13(18-23-22-16-4-2-3-8-24(16)18)21-19(26)12-5-6-15-14(10-12)20-17(25)11-28-15/h2-6,8,10,13H,7,9,11H2,1H3,(H,20,25)(H,21,26)/t13-/m1/s1. The lowest BCUT2D eigenvalue weighted by atomic mass is 10.1. The van der Waals surface area contributed by atoms with Crippen molar-refractivity contribution in [2.45, 2.75) is 17.4 Å². The summed E-state index contributed by atoms with van der Waals surface area (Å²) in [6.45, 7) is 0. The summed E-state index contributed by atoms with van der Waals surface area (Å²) in [6, 6.07) is 10.8. The third-order valence-corrected chi connectivity index (χ3v) is 6.16. The Labute approximate surface area is 170 Å². The van der Waals surface area contributed by atoms with Crippen LogP contribution in [0.3, 0.4) is 0 Å². The average Bonchev–Trinajstić information content (AvgIpc) is 3.14. The maximum absolute atomic E-state index is 12.9. The summed E-state index contributed by atoms with van der Waals surface area (Å²) in [5.74, 6) is 1.73. The van der Waals surface area contributed by atoms with Crippen LogP contribution in [0.25, 0.3) is 5.65 Å². The fourth-order valence-electron chi connectivity index (χ4n) is 3.06. The van der Waals surface area contributed by atoms with E-state index in [1.54, 1.807) is 23.9 Å². The van der Waals surface area contributed by atoms with E-state index in [1.165, 1.54) is 11.8 Å². The van der Waals surface area contributed by atoms with Crippen molar-refractivity contribution in [3.63, 3.8) is 0 Å². The zero-order valence-electron chi connectivity index (χ0n) is 15.2. The van der Waals surface area contributed by atoms with E-state index in [0.717, 1.165) is 22.7 Å². The average molecular weight is 414 g/mol. The van der Waals surface area contributed by atoms with E-state index in [0.29, 0.717) is 22.8 Å². The Bertz CT molecular complexity index is 1040. The molecule has 0 spiro atoms. The molecular weight excluding hydrogens is 394 g/mol. The quantitative estimate of drug-likeness (QED) is 0.646. The Kier molecular flexibility index (Phi) is 5.54. The molecule has 0 aliphatic carbocycles. The monoisotopic (exact) mass is 413 g/mol. The van der Waals surface area contributed by atoms with Crippen LogP contribution in [0, 0.1) is 0 Å². The highest BCUT2D eigenvalue weighted by atomic mass is 32.2. The highest BCUT2D eigenvalue weighted by Gasteiger charge is 2.22. The van der Waals surface area contributed by atoms with Gasteiger partial charge in [-0.1, -0.05) is 6.07 Å². The lowest BCUT2D eigenvalue weighted by Gasteiger charge is -2.19. The Hall–Kier alpha value is -2.52. The first-order valence-electron chi connectivity index (χ1n) is 8.82. The van der Waals surface area contributed by atoms with Gasteiger partial charge in [-0.3, -0.25) is 14.0 Å². The predicted octanol–water partition coefficient (Wildman–Crippen LogP) is 3.00. The number of nitrogens with zero attached hydrogens (tertiary/aromatic N) is 3. The third-order valence-electron chi connectivity index (χ3n) is 4.44. The minimum Gasteiger partial charge on any atom is -0.342 e. The number of nitrogens with one attached hydrogen (secondary N) is 2. The van der Waals surface area contributed by atoms with Crippen LogP contribution in [-0.4, -0.2) is 44.2 Å². The van der Waals surface area contributed by atoms with E-state index >= 15 is 0 Å². The van der Waals surface area contributed by atoms with E-state index in [2.05, 4.69) is 20.8 Å². The summed E-state index contributed by atoms with van der Waals surface area (Å²) < 4.78 is 1.90. The molecule has 1 aliphatic heterocycles. The number of benzene rings is 1. The Balaban J connectivity index is 1.59. The molecule has 0 fully saturated rings. The van der Waals surface area contributed by atoms with Gasteiger partial charge in [0.25, 0.3) is 5.91 Å². The molecule has 0 unspecified atom stereocenters. The van der Waals surface area contributed by atoms with Crippen LogP contribution in [0.5, 0.6) is 0 Å². The molecule has 3 aromatic rings. The van der Waals surface area contributed by atoms with E-state index in [1.807, 2.05) is 41.1 Å². The van der Waals surface area contributed by atoms with E-state index in [-0.39, 0.29) is 17.9 Å². The van der Waals surface area contributed by atoms with Gasteiger partial charge < -0.3 is 10.6 Å². The van der Waals surface area contributed by atoms with Crippen LogP contribution in [0.4, 0.5) is 5.69 Å². The minimum atomic E-state index is -0.266. The number of carbonyl (C=O) groups is 2. The summed E-state index contributed by atoms with van der Waals surface area (Å²) in [5.41, 5.74) is 1.93. The number of thioether (sulfide) groups is 2. The topological polar surface area (TPSA) is 88.4 Å². The van der Waals surface area contributed by atoms with Crippen LogP contribution in [0.2, 0.25) is 0 Å². The predicted molar refractivity (Wildman–Crippen MR) is 112 cm³/mol. The van der Waals surface area contributed by atoms with Crippen LogP contribution in [0.15, 0.2) is 47.5 Å². The highest BCUT2D eigenvalue weighted by molar-refractivity contribution is 8.00. The van der Waals surface area contributed by atoms with Gasteiger partial charge in [-0.25, -0.2) is 0 Å². The molecule has 1 aromatic carbocycles. The smallest absolute Gasteiger partial charge is 0.251 e. The second-order valence-corrected chi connectivity index (χ2v) is 8.35. The third kappa shape index (κ3) is 3.85. The second-order valence-electron chi connectivity index (χ2n) is 6.34. The molecule has 2 N–H and O–H groups in total. The molecule has 1 aliphatic rings. The van der Waals surface area contributed by atoms with Crippen molar-refractivity contribution in [2.24, 2.45) is 0 Å². The second kappa shape index (κ2) is 8.24. The molecule has 0 saturated heterocycles. The molecule has 2 aromatic heterocycles. The molecule has 3 heterocycles. The van der Waals surface area contributed by atoms with Crippen molar-refractivity contribution in [3.8, 4) is 0 Å². The number of hydrogen-bond acceptors (Lipinski definition) is 6. The van der Waals surface area contributed by atoms with Crippen molar-refractivity contribution in [3.05, 3.63) is 54.0 Å². The normalized spacial score (nSPS) is 14.4. The van der Waals surface area contributed by atoms with Gasteiger partial charge in [0.05, 0.1) is 17.5 Å². The van der Waals surface area contributed by atoms with Crippen LogP contribution >= 0.6 is 23.5 Å². The number of carbonyl (C=O) groups excluding carboxylic acids is 2. The first-order valence-corrected chi connectivity index (χ1v) is 11.2. The number of amides is 2. The summed E-state index contributed by atoms with van der Waals surface area (Å²) in [5, 5.41) is 14.4. The Morgan fingerprint density at radius 1 is 1.36 bits per heavy atom. The lowest BCUT2D eigenvalue weighted by Crippen LogP contribution is -2.30. The van der Waals surface area contributed by atoms with Crippen molar-refractivity contribution in [1.29, 1.82) is 0 Å². The van der Waals surface area contributed by atoms with Gasteiger partial charge in [0.15, 0.2) is 11.5 Å². The maximum atomic E-state index is 12.9. The molecule has 144 valence electrons. The molecule has 0 saturated carbocycles. The maximum Gasteiger partial charge on any atom is 0.251 e. The van der Waals surface area contributed by atoms with E-state index < -0.39 is 0 Å². The largest absolute Gasteiger partial charge is 0.342 e. The molecule has 4 rings (SSSR count). The van der Waals surface area contributed by atoms with Gasteiger partial charge in [-0.05, 0) is 48.8 Å². The molecule has 7 nitrogen and oxygen atoms in total. The van der Waals surface area contributed by atoms with Crippen LogP contribution in [-0.2, 0) is 4.79 Å². The van der Waals surface area contributed by atoms with Gasteiger partial charge in [0.2, 0.25) is 5.91 Å². The van der Waals surface area contributed by atoms with Crippen LogP contribution in [0.1, 0.15) is 28.6 Å². The molecule has 0 radical (unpaired) electrons. The summed E-state index contributed by atoms with van der Waals surface area (Å²) >= 11 is 3.19. The van der Waals surface area contributed by atoms with Gasteiger partial charge >= 0.3 is 0 Å². The first kappa shape index (κ1) is 18.8. The molecule has 1 atom stereocenters. The number of aromatic nitrogens is 3. The molecule has 0 bridgehead atoms. The molecule has 28 heavy (non-hydrogen) atoms. The van der Waals surface area contributed by atoms with Crippen molar-refractivity contribution >= 4 is 46.7 Å². The van der Waals surface area contributed by atoms with Crippen LogP contribution < -0.4 is 10.6 Å². The fraction of sp³-hybridized carbons (Fsp3) is 0.263. The SMILES string of the molecule is CSCC[C@@H](NC(=O)c1ccc2c(c1)NC(=O)CS2)c1nnc2ccccn12. The van der Waals surface area contributed by atoms with Gasteiger partial charge in [-0.15, -0.1) is 22.0 Å². The number of fused-ring (bicyclic) bond motifs is 2. The highest BCUT2D eigenvalue weighted by Crippen LogP contribution is 2.32. The minimum absolute atomic E-state index is 0.0529. The van der Waals surface area contributed by atoms with E-state index in [9.17, 15) is 9.59 Å². The zero-order chi connectivity index (χ0) is 19.5. The number of rotatable bonds is 6. The number of hydrogen-bond donors (Lipinski definition) is 2. The van der Waals surface area contributed by atoms with E-state index in [4.69, 9.17) is 0 Å². The summed E-state index contributed by atoms with van der Waals surface area (Å²) in [4.78, 5) is 25.5. The number of pyridine rings is 1. The molecular formula is C19H19N5O2S2. The first-order chi connectivity index (χ1) is 13.7. The molecule has 2 amide bonds. The van der Waals surface area contributed by atoms with Gasteiger partial charge in [0, 0.05) is 16.7 Å². The molecule has 9 heteroatoms. The Morgan fingerprint density at radius 3 is 3.11 bits per heavy atom. The van der Waals surface area contributed by atoms with Gasteiger partial charge in [-0.2, -0.15) is 11.8 Å². The number of anilines is 1. The van der Waals surface area contributed by atoms with Gasteiger partial charge in [0.1, 0.15) is 0 Å². The summed E-state index contributed by atoms with van der Waals surface area (Å²) in [7, 11) is 0. The van der Waals surface area contributed by atoms with Crippen molar-refractivity contribution < 1.29 is 9.59 Å². The van der Waals surface area contributed by atoms with Crippen molar-refractivity contribution in [2.75, 3.05) is 23.1 Å². The lowest BCUT2D eigenvalue weighted by molar-refractivity contribution is -0.113. The fourth-order valence-corrected chi connectivity index (χ4v) is 4.32. The Morgan fingerprint density at radius 2 is 2.25 bits per heavy atom. The van der Waals surface area contributed by atoms with Crippen molar-refractivity contribution in [1.82, 2.24) is 19.9 Å².